The van der Waals surface area contributed by atoms with E-state index in [4.69, 9.17) is 26.4 Å². The quantitative estimate of drug-likeness (QED) is 0.445. The average Bonchev–Trinajstić information content (AvgIpc) is 2.71. The zero-order valence-electron chi connectivity index (χ0n) is 17.1. The van der Waals surface area contributed by atoms with Gasteiger partial charge in [0, 0.05) is 17.9 Å². The molecule has 0 aliphatic heterocycles. The number of nitrogens with one attached hydrogen (secondary N) is 2. The van der Waals surface area contributed by atoms with E-state index < -0.39 is 0 Å². The summed E-state index contributed by atoms with van der Waals surface area (Å²) in [5, 5.41) is 5.88. The zero-order chi connectivity index (χ0) is 21.1. The van der Waals surface area contributed by atoms with Gasteiger partial charge in [0.05, 0.1) is 13.2 Å². The lowest BCUT2D eigenvalue weighted by atomic mass is 10.2. The fourth-order valence-corrected chi connectivity index (χ4v) is 2.51. The van der Waals surface area contributed by atoms with Crippen molar-refractivity contribution in [3.05, 3.63) is 54.1 Å². The van der Waals surface area contributed by atoms with E-state index in [0.29, 0.717) is 43.7 Å². The lowest BCUT2D eigenvalue weighted by Gasteiger charge is -2.12. The number of hydrogen-bond acceptors (Lipinski definition) is 5. The number of thiocarbonyl (C=S) groups is 1. The fraction of sp³-hybridized carbons (Fsp3) is 0.364. The number of rotatable bonds is 10. The molecule has 6 nitrogen and oxygen atoms in total. The van der Waals surface area contributed by atoms with E-state index in [-0.39, 0.29) is 11.0 Å². The van der Waals surface area contributed by atoms with E-state index in [1.54, 1.807) is 24.3 Å². The molecule has 0 aliphatic carbocycles. The highest BCUT2D eigenvalue weighted by Gasteiger charge is 2.08. The lowest BCUT2D eigenvalue weighted by molar-refractivity contribution is 0.0977. The van der Waals surface area contributed by atoms with Crippen LogP contribution in [0, 0.1) is 5.92 Å². The van der Waals surface area contributed by atoms with E-state index in [9.17, 15) is 4.79 Å². The summed E-state index contributed by atoms with van der Waals surface area (Å²) in [7, 11) is 0. The Morgan fingerprint density at radius 3 is 2.21 bits per heavy atom. The normalized spacial score (nSPS) is 10.5. The van der Waals surface area contributed by atoms with Crippen molar-refractivity contribution in [3.8, 4) is 11.5 Å². The molecule has 2 aromatic rings. The maximum Gasteiger partial charge on any atom is 0.257 e. The summed E-state index contributed by atoms with van der Waals surface area (Å²) in [4.78, 5) is 12.3. The predicted octanol–water partition coefficient (Wildman–Crippen LogP) is 4.26. The lowest BCUT2D eigenvalue weighted by Crippen LogP contribution is -2.34. The summed E-state index contributed by atoms with van der Waals surface area (Å²) in [5.41, 5.74) is 1.26. The van der Waals surface area contributed by atoms with Crippen molar-refractivity contribution in [3.63, 3.8) is 0 Å². The predicted molar refractivity (Wildman–Crippen MR) is 119 cm³/mol. The number of benzene rings is 2. The number of amides is 1. The van der Waals surface area contributed by atoms with Crippen molar-refractivity contribution in [2.24, 2.45) is 5.92 Å². The highest BCUT2D eigenvalue weighted by atomic mass is 32.1. The van der Waals surface area contributed by atoms with E-state index in [1.165, 1.54) is 0 Å². The summed E-state index contributed by atoms with van der Waals surface area (Å²) < 4.78 is 16.4. The van der Waals surface area contributed by atoms with Gasteiger partial charge >= 0.3 is 0 Å². The zero-order valence-corrected chi connectivity index (χ0v) is 17.9. The second-order valence-corrected chi connectivity index (χ2v) is 7.12. The van der Waals surface area contributed by atoms with Crippen LogP contribution in [0.1, 0.15) is 31.1 Å². The molecular weight excluding hydrogens is 388 g/mol. The van der Waals surface area contributed by atoms with Gasteiger partial charge in [-0.2, -0.15) is 0 Å². The Morgan fingerprint density at radius 1 is 0.966 bits per heavy atom. The molecule has 0 bridgehead atoms. The third kappa shape index (κ3) is 8.50. The molecule has 0 saturated heterocycles. The minimum atomic E-state index is -0.291. The van der Waals surface area contributed by atoms with Crippen LogP contribution in [0.5, 0.6) is 11.5 Å². The number of ether oxygens (including phenoxy) is 3. The van der Waals surface area contributed by atoms with Crippen LogP contribution in [-0.4, -0.2) is 37.4 Å². The Morgan fingerprint density at radius 2 is 1.59 bits per heavy atom. The monoisotopic (exact) mass is 416 g/mol. The molecule has 2 aromatic carbocycles. The molecule has 0 aliphatic rings. The van der Waals surface area contributed by atoms with E-state index in [1.807, 2.05) is 31.2 Å². The van der Waals surface area contributed by atoms with Crippen LogP contribution in [0.15, 0.2) is 48.5 Å². The standard InChI is InChI=1S/C22H28N2O4S/c1-4-26-13-14-27-19-9-5-17(6-10-19)21(25)24-22(29)23-18-7-11-20(12-8-18)28-15-16(2)3/h5-12,16H,4,13-15H2,1-3H3,(H2,23,24,25,29). The van der Waals surface area contributed by atoms with Crippen LogP contribution in [0.2, 0.25) is 0 Å². The van der Waals surface area contributed by atoms with Crippen molar-refractivity contribution in [1.29, 1.82) is 0 Å². The van der Waals surface area contributed by atoms with E-state index in [2.05, 4.69) is 24.5 Å². The first-order valence-electron chi connectivity index (χ1n) is 9.63. The molecule has 29 heavy (non-hydrogen) atoms. The molecule has 0 unspecified atom stereocenters. The Labute approximate surface area is 177 Å². The molecule has 0 atom stereocenters. The Bertz CT molecular complexity index is 776. The molecule has 2 rings (SSSR count). The van der Waals surface area contributed by atoms with Gasteiger partial charge in [0.25, 0.3) is 5.91 Å². The van der Waals surface area contributed by atoms with Gasteiger partial charge in [-0.3, -0.25) is 10.1 Å². The van der Waals surface area contributed by atoms with Crippen molar-refractivity contribution in [2.75, 3.05) is 31.7 Å². The third-order valence-corrected chi connectivity index (χ3v) is 3.94. The Kier molecular flexibility index (Phi) is 9.40. The molecule has 0 radical (unpaired) electrons. The van der Waals surface area contributed by atoms with Gasteiger partial charge in [-0.05, 0) is 73.6 Å². The molecule has 156 valence electrons. The van der Waals surface area contributed by atoms with Crippen LogP contribution in [0.4, 0.5) is 5.69 Å². The van der Waals surface area contributed by atoms with Crippen LogP contribution < -0.4 is 20.1 Å². The Hall–Kier alpha value is -2.64. The summed E-state index contributed by atoms with van der Waals surface area (Å²) >= 11 is 5.23. The van der Waals surface area contributed by atoms with Gasteiger partial charge in [-0.1, -0.05) is 13.8 Å². The molecule has 0 aromatic heterocycles. The van der Waals surface area contributed by atoms with Crippen molar-refractivity contribution in [2.45, 2.75) is 20.8 Å². The van der Waals surface area contributed by atoms with Gasteiger partial charge < -0.3 is 19.5 Å². The van der Waals surface area contributed by atoms with Crippen molar-refractivity contribution in [1.82, 2.24) is 5.32 Å². The minimum Gasteiger partial charge on any atom is -0.493 e. The first kappa shape index (κ1) is 22.6. The summed E-state index contributed by atoms with van der Waals surface area (Å²) in [6.07, 6.45) is 0. The molecule has 1 amide bonds. The number of hydrogen-bond donors (Lipinski definition) is 2. The smallest absolute Gasteiger partial charge is 0.257 e. The fourth-order valence-electron chi connectivity index (χ4n) is 2.30. The van der Waals surface area contributed by atoms with Crippen molar-refractivity contribution >= 4 is 28.9 Å². The third-order valence-electron chi connectivity index (χ3n) is 3.74. The van der Waals surface area contributed by atoms with E-state index >= 15 is 0 Å². The first-order valence-corrected chi connectivity index (χ1v) is 10.0. The first-order chi connectivity index (χ1) is 14.0. The van der Waals surface area contributed by atoms with Gasteiger partial charge in [0.2, 0.25) is 0 Å². The van der Waals surface area contributed by atoms with Gasteiger partial charge in [-0.25, -0.2) is 0 Å². The highest BCUT2D eigenvalue weighted by molar-refractivity contribution is 7.80. The Balaban J connectivity index is 1.80. The van der Waals surface area contributed by atoms with Gasteiger partial charge in [0.1, 0.15) is 18.1 Å². The molecule has 2 N–H and O–H groups in total. The molecule has 0 spiro atoms. The maximum absolute atomic E-state index is 12.3. The molecule has 0 fully saturated rings. The van der Waals surface area contributed by atoms with E-state index in [0.717, 1.165) is 11.4 Å². The number of anilines is 1. The second-order valence-electron chi connectivity index (χ2n) is 6.71. The largest absolute Gasteiger partial charge is 0.493 e. The number of carbonyl (C=O) groups excluding carboxylic acids is 1. The summed E-state index contributed by atoms with van der Waals surface area (Å²) in [6.45, 7) is 8.45. The van der Waals surface area contributed by atoms with Gasteiger partial charge in [-0.15, -0.1) is 0 Å². The minimum absolute atomic E-state index is 0.225. The summed E-state index contributed by atoms with van der Waals surface area (Å²) in [5.74, 6) is 1.65. The second kappa shape index (κ2) is 12.0. The number of carbonyl (C=O) groups is 1. The molecule has 0 saturated carbocycles. The van der Waals surface area contributed by atoms with Crippen LogP contribution in [-0.2, 0) is 4.74 Å². The maximum atomic E-state index is 12.3. The van der Waals surface area contributed by atoms with Crippen molar-refractivity contribution < 1.29 is 19.0 Å². The SMILES string of the molecule is CCOCCOc1ccc(C(=O)NC(=S)Nc2ccc(OCC(C)C)cc2)cc1. The molecular formula is C22H28N2O4S. The average molecular weight is 417 g/mol. The van der Waals surface area contributed by atoms with Crippen LogP contribution in [0.3, 0.4) is 0 Å². The van der Waals surface area contributed by atoms with Crippen LogP contribution >= 0.6 is 12.2 Å². The molecule has 7 heteroatoms. The topological polar surface area (TPSA) is 68.8 Å². The molecule has 0 heterocycles. The van der Waals surface area contributed by atoms with Crippen LogP contribution in [0.25, 0.3) is 0 Å². The summed E-state index contributed by atoms with van der Waals surface area (Å²) in [6, 6.07) is 14.3. The van der Waals surface area contributed by atoms with Gasteiger partial charge in [0.15, 0.2) is 5.11 Å². The highest BCUT2D eigenvalue weighted by Crippen LogP contribution is 2.16.